The molecule has 16 heteroatoms. The maximum atomic E-state index is 13.6. The predicted molar refractivity (Wildman–Crippen MR) is 259 cm³/mol. The largest absolute Gasteiger partial charge is 0.454 e. The third-order valence-corrected chi connectivity index (χ3v) is 11.1. The van der Waals surface area contributed by atoms with Crippen molar-refractivity contribution in [2.75, 3.05) is 41.4 Å². The lowest BCUT2D eigenvalue weighted by molar-refractivity contribution is -0.172. The van der Waals surface area contributed by atoms with E-state index in [0.29, 0.717) is 0 Å². The third kappa shape index (κ3) is 21.0. The average Bonchev–Trinajstić information content (AvgIpc) is 3.27. The van der Waals surface area contributed by atoms with Gasteiger partial charge in [0.05, 0.1) is 0 Å². The van der Waals surface area contributed by atoms with E-state index < -0.39 is 97.1 Å². The molecule has 0 radical (unpaired) electrons. The molecule has 6 atom stereocenters. The van der Waals surface area contributed by atoms with E-state index in [-0.39, 0.29) is 49.4 Å². The zero-order chi connectivity index (χ0) is 52.0. The first kappa shape index (κ1) is 60.2. The average molecular weight is 953 g/mol. The van der Waals surface area contributed by atoms with E-state index in [0.717, 1.165) is 19.6 Å². The van der Waals surface area contributed by atoms with Crippen LogP contribution in [0, 0.1) is 37.5 Å². The van der Waals surface area contributed by atoms with Crippen molar-refractivity contribution in [2.24, 2.45) is 23.7 Å². The first-order valence-electron chi connectivity index (χ1n) is 23.5. The Morgan fingerprint density at radius 2 is 0.676 bits per heavy atom. The van der Waals surface area contributed by atoms with Gasteiger partial charge in [0.2, 0.25) is 0 Å². The highest BCUT2D eigenvalue weighted by Crippen LogP contribution is 2.20. The Morgan fingerprint density at radius 1 is 0.426 bits per heavy atom. The van der Waals surface area contributed by atoms with E-state index in [2.05, 4.69) is 38.1 Å². The van der Waals surface area contributed by atoms with Crippen molar-refractivity contribution >= 4 is 47.5 Å². The highest BCUT2D eigenvalue weighted by Gasteiger charge is 2.39. The van der Waals surface area contributed by atoms with Gasteiger partial charge < -0.3 is 38.5 Å². The molecule has 4 amide bonds. The number of hydrogen-bond donors (Lipinski definition) is 0. The van der Waals surface area contributed by atoms with Gasteiger partial charge in [0, 0.05) is 28.2 Å². The molecule has 2 aromatic rings. The van der Waals surface area contributed by atoms with E-state index in [1.807, 2.05) is 91.8 Å². The number of hydrogen-bond acceptors (Lipinski definition) is 12. The smallest absolute Gasteiger partial charge is 0.329 e. The van der Waals surface area contributed by atoms with Gasteiger partial charge in [-0.05, 0) is 77.0 Å². The molecule has 0 bridgehead atoms. The van der Waals surface area contributed by atoms with E-state index in [1.54, 1.807) is 0 Å². The number of carbonyl (C=O) groups is 8. The summed E-state index contributed by atoms with van der Waals surface area (Å²) in [6.45, 7) is 20.0. The summed E-state index contributed by atoms with van der Waals surface area (Å²) in [5, 5.41) is 0. The second-order valence-electron chi connectivity index (χ2n) is 19.2. The molecule has 68 heavy (non-hydrogen) atoms. The van der Waals surface area contributed by atoms with E-state index in [9.17, 15) is 38.4 Å². The lowest BCUT2D eigenvalue weighted by Gasteiger charge is -2.33. The number of nitrogens with zero attached hydrogens (tertiary/aromatic N) is 4. The molecule has 0 aromatic heterocycles. The minimum absolute atomic E-state index is 0.0975. The lowest BCUT2D eigenvalue weighted by atomic mass is 10.0. The lowest BCUT2D eigenvalue weighted by Crippen LogP contribution is -2.52. The Kier molecular flexibility index (Phi) is 26.4. The van der Waals surface area contributed by atoms with E-state index >= 15 is 0 Å². The fourth-order valence-electron chi connectivity index (χ4n) is 7.00. The number of amides is 4. The van der Waals surface area contributed by atoms with Crippen LogP contribution < -0.4 is 0 Å². The number of likely N-dealkylation sites (N-methyl/N-ethyl adjacent to an activating group) is 4. The van der Waals surface area contributed by atoms with Crippen molar-refractivity contribution < 1.29 is 57.3 Å². The van der Waals surface area contributed by atoms with Gasteiger partial charge >= 0.3 is 23.9 Å². The second kappa shape index (κ2) is 29.8. The minimum atomic E-state index is -1.38. The fraction of sp³-hybridized carbons (Fsp3) is 0.615. The van der Waals surface area contributed by atoms with Crippen molar-refractivity contribution in [1.82, 2.24) is 19.6 Å². The quantitative estimate of drug-likeness (QED) is 0.209. The van der Waals surface area contributed by atoms with Crippen LogP contribution in [-0.4, -0.2) is 145 Å². The monoisotopic (exact) mass is 953 g/mol. The Balaban J connectivity index is 0.00000139. The zero-order valence-corrected chi connectivity index (χ0v) is 43.5. The number of benzene rings is 2. The number of esters is 4. The summed E-state index contributed by atoms with van der Waals surface area (Å²) in [6, 6.07) is 15.9. The van der Waals surface area contributed by atoms with Crippen LogP contribution >= 0.6 is 0 Å². The SMILES string of the molecule is CC(C)C[C@H]1C(=O)O[C@H](C)C(=O)N(C)[C@@H](CC(C)C)C(=O)OCC(=O)N(C)[C@@H](CC(C)C)C(=O)O[C@H](C)C(=O)N(C)[C@@H](CC(C)C)C(=O)OCC(=O)N1C.Cc1ccccc1.Cc1ccccc1. The molecule has 2 aromatic carbocycles. The molecule has 1 saturated heterocycles. The molecule has 380 valence electrons. The van der Waals surface area contributed by atoms with Crippen molar-refractivity contribution in [3.63, 3.8) is 0 Å². The van der Waals surface area contributed by atoms with Gasteiger partial charge in [-0.2, -0.15) is 0 Å². The van der Waals surface area contributed by atoms with Gasteiger partial charge in [-0.3, -0.25) is 19.2 Å². The summed E-state index contributed by atoms with van der Waals surface area (Å²) < 4.78 is 21.9. The van der Waals surface area contributed by atoms with Crippen LogP contribution in [0.15, 0.2) is 60.7 Å². The maximum Gasteiger partial charge on any atom is 0.329 e. The maximum absolute atomic E-state index is 13.6. The van der Waals surface area contributed by atoms with Crippen LogP contribution in [0.25, 0.3) is 0 Å². The molecule has 16 nitrogen and oxygen atoms in total. The number of cyclic esters (lactones) is 4. The van der Waals surface area contributed by atoms with Crippen molar-refractivity contribution in [1.29, 1.82) is 0 Å². The van der Waals surface area contributed by atoms with Crippen molar-refractivity contribution in [3.8, 4) is 0 Å². The van der Waals surface area contributed by atoms with Crippen LogP contribution in [0.3, 0.4) is 0 Å². The van der Waals surface area contributed by atoms with Crippen molar-refractivity contribution in [2.45, 2.75) is 145 Å². The first-order valence-corrected chi connectivity index (χ1v) is 23.5. The molecule has 0 N–H and O–H groups in total. The molecule has 1 aliphatic rings. The van der Waals surface area contributed by atoms with E-state index in [1.165, 1.54) is 53.2 Å². The number of rotatable bonds is 8. The number of carbonyl (C=O) groups excluding carboxylic acids is 8. The molecule has 0 aliphatic carbocycles. The molecular weight excluding hydrogens is 873 g/mol. The van der Waals surface area contributed by atoms with Crippen LogP contribution in [-0.2, 0) is 57.3 Å². The van der Waals surface area contributed by atoms with Crippen LogP contribution in [0.2, 0.25) is 0 Å². The summed E-state index contributed by atoms with van der Waals surface area (Å²) in [6.07, 6.45) is -2.16. The highest BCUT2D eigenvalue weighted by atomic mass is 16.6. The van der Waals surface area contributed by atoms with Gasteiger partial charge in [0.15, 0.2) is 25.4 Å². The van der Waals surface area contributed by atoms with Gasteiger partial charge in [0.25, 0.3) is 23.6 Å². The summed E-state index contributed by atoms with van der Waals surface area (Å²) in [5.74, 6) is -6.82. The molecule has 0 unspecified atom stereocenters. The van der Waals surface area contributed by atoms with Crippen LogP contribution in [0.5, 0.6) is 0 Å². The molecule has 0 spiro atoms. The van der Waals surface area contributed by atoms with Crippen LogP contribution in [0.1, 0.15) is 106 Å². The summed E-state index contributed by atoms with van der Waals surface area (Å²) in [7, 11) is 5.42. The molecule has 0 saturated carbocycles. The van der Waals surface area contributed by atoms with Crippen LogP contribution in [0.4, 0.5) is 0 Å². The Hall–Kier alpha value is -5.80. The normalized spacial score (nSPS) is 22.5. The molecule has 3 rings (SSSR count). The van der Waals surface area contributed by atoms with Gasteiger partial charge in [-0.25, -0.2) is 19.2 Å². The topological polar surface area (TPSA) is 186 Å². The minimum Gasteiger partial charge on any atom is -0.454 e. The Labute approximate surface area is 405 Å². The molecule has 1 aliphatic heterocycles. The number of aryl methyl sites for hydroxylation is 2. The molecular formula is C52H80N4O12. The van der Waals surface area contributed by atoms with Gasteiger partial charge in [-0.1, -0.05) is 127 Å². The highest BCUT2D eigenvalue weighted by molar-refractivity contribution is 5.93. The fourth-order valence-corrected chi connectivity index (χ4v) is 7.00. The predicted octanol–water partition coefficient (Wildman–Crippen LogP) is 6.43. The standard InChI is InChI=1S/C38H64N4O12.2C7H8/c1-21(2)15-27-35(47)51-19-31(43)39(11)30(18-24(7)8)38(50)54-26(10)34(46)42(14)28(16-22(3)4)36(48)52-20-32(44)40(12)29(17-23(5)6)37(49)53-25(9)33(45)41(27)13;2*1-7-5-3-2-4-6-7/h21-30H,15-20H2,1-14H3;2*2-6H,1H3/t25-,26-,27+,28+,29+,30+;;/m1../s1. The Morgan fingerprint density at radius 3 is 0.897 bits per heavy atom. The summed E-state index contributed by atoms with van der Waals surface area (Å²) in [5.41, 5.74) is 2.64. The van der Waals surface area contributed by atoms with Gasteiger partial charge in [-0.15, -0.1) is 0 Å². The summed E-state index contributed by atoms with van der Waals surface area (Å²) >= 11 is 0. The Bertz CT molecular complexity index is 1770. The van der Waals surface area contributed by atoms with E-state index in [4.69, 9.17) is 18.9 Å². The summed E-state index contributed by atoms with van der Waals surface area (Å²) in [4.78, 5) is 112. The van der Waals surface area contributed by atoms with Gasteiger partial charge in [0.1, 0.15) is 24.2 Å². The van der Waals surface area contributed by atoms with Crippen molar-refractivity contribution in [3.05, 3.63) is 71.8 Å². The molecule has 1 heterocycles. The second-order valence-corrected chi connectivity index (χ2v) is 19.2. The first-order chi connectivity index (χ1) is 31.7. The zero-order valence-electron chi connectivity index (χ0n) is 43.5. The number of ether oxygens (including phenoxy) is 4. The third-order valence-electron chi connectivity index (χ3n) is 11.1. The molecule has 1 fully saturated rings.